The van der Waals surface area contributed by atoms with Gasteiger partial charge in [-0.3, -0.25) is 4.79 Å². The average Bonchev–Trinajstić information content (AvgIpc) is 2.96. The van der Waals surface area contributed by atoms with Gasteiger partial charge in [0.1, 0.15) is 5.75 Å². The standard InChI is InChI=1S/C18H18ClN3O3/c1-25-16-8-7-12(19)9-15(16)21-18(24)20-13-10-17(23)22(11-13)14-5-3-2-4-6-14/h2-9,13H,10-11H2,1H3,(H2,20,21,24). The maximum Gasteiger partial charge on any atom is 0.319 e. The van der Waals surface area contributed by atoms with Gasteiger partial charge in [0.2, 0.25) is 5.91 Å². The van der Waals surface area contributed by atoms with Crippen LogP contribution in [0.4, 0.5) is 16.2 Å². The van der Waals surface area contributed by atoms with E-state index in [1.54, 1.807) is 23.1 Å². The third-order valence-electron chi connectivity index (χ3n) is 3.94. The molecule has 0 aliphatic carbocycles. The van der Waals surface area contributed by atoms with E-state index >= 15 is 0 Å². The van der Waals surface area contributed by atoms with Crippen LogP contribution in [0.5, 0.6) is 5.75 Å². The average molecular weight is 360 g/mol. The summed E-state index contributed by atoms with van der Waals surface area (Å²) < 4.78 is 5.20. The van der Waals surface area contributed by atoms with Crippen LogP contribution in [-0.2, 0) is 4.79 Å². The van der Waals surface area contributed by atoms with Crippen molar-refractivity contribution in [2.75, 3.05) is 23.9 Å². The lowest BCUT2D eigenvalue weighted by molar-refractivity contribution is -0.117. The van der Waals surface area contributed by atoms with Gasteiger partial charge in [-0.15, -0.1) is 0 Å². The Morgan fingerprint density at radius 3 is 2.72 bits per heavy atom. The van der Waals surface area contributed by atoms with Gasteiger partial charge in [0.05, 0.1) is 18.8 Å². The van der Waals surface area contributed by atoms with E-state index in [1.165, 1.54) is 7.11 Å². The van der Waals surface area contributed by atoms with Gasteiger partial charge in [-0.05, 0) is 30.3 Å². The van der Waals surface area contributed by atoms with Crippen molar-refractivity contribution in [2.24, 2.45) is 0 Å². The number of anilines is 2. The number of ether oxygens (including phenoxy) is 1. The summed E-state index contributed by atoms with van der Waals surface area (Å²) in [5, 5.41) is 6.01. The van der Waals surface area contributed by atoms with E-state index in [1.807, 2.05) is 30.3 Å². The number of carbonyl (C=O) groups excluding carboxylic acids is 2. The molecule has 0 saturated carbocycles. The summed E-state index contributed by atoms with van der Waals surface area (Å²) in [6, 6.07) is 13.7. The Morgan fingerprint density at radius 1 is 1.24 bits per heavy atom. The number of benzene rings is 2. The van der Waals surface area contributed by atoms with Crippen LogP contribution < -0.4 is 20.3 Å². The van der Waals surface area contributed by atoms with Gasteiger partial charge in [0, 0.05) is 23.7 Å². The summed E-state index contributed by atoms with van der Waals surface area (Å²) in [5.41, 5.74) is 1.30. The van der Waals surface area contributed by atoms with Crippen LogP contribution in [0.15, 0.2) is 48.5 Å². The second-order valence-electron chi connectivity index (χ2n) is 5.68. The topological polar surface area (TPSA) is 70.7 Å². The molecule has 2 N–H and O–H groups in total. The number of halogens is 1. The number of hydrogen-bond acceptors (Lipinski definition) is 3. The second-order valence-corrected chi connectivity index (χ2v) is 6.12. The highest BCUT2D eigenvalue weighted by molar-refractivity contribution is 6.31. The third-order valence-corrected chi connectivity index (χ3v) is 4.17. The highest BCUT2D eigenvalue weighted by atomic mass is 35.5. The molecule has 7 heteroatoms. The molecule has 1 heterocycles. The van der Waals surface area contributed by atoms with Crippen molar-refractivity contribution < 1.29 is 14.3 Å². The SMILES string of the molecule is COc1ccc(Cl)cc1NC(=O)NC1CC(=O)N(c2ccccc2)C1. The molecular formula is C18H18ClN3O3. The lowest BCUT2D eigenvalue weighted by Gasteiger charge is -2.17. The van der Waals surface area contributed by atoms with E-state index in [-0.39, 0.29) is 18.4 Å². The number of para-hydroxylation sites is 1. The molecule has 1 aliphatic heterocycles. The summed E-state index contributed by atoms with van der Waals surface area (Å²) in [4.78, 5) is 26.1. The Kier molecular flexibility index (Phi) is 5.09. The van der Waals surface area contributed by atoms with Gasteiger partial charge in [-0.2, -0.15) is 0 Å². The molecule has 1 fully saturated rings. The van der Waals surface area contributed by atoms with E-state index in [2.05, 4.69) is 10.6 Å². The fourth-order valence-corrected chi connectivity index (χ4v) is 2.96. The van der Waals surface area contributed by atoms with Crippen LogP contribution in [0.2, 0.25) is 5.02 Å². The Bertz CT molecular complexity index is 782. The Labute approximate surface area is 150 Å². The predicted molar refractivity (Wildman–Crippen MR) is 97.4 cm³/mol. The van der Waals surface area contributed by atoms with Crippen LogP contribution >= 0.6 is 11.6 Å². The van der Waals surface area contributed by atoms with Crippen molar-refractivity contribution in [3.8, 4) is 5.75 Å². The molecule has 130 valence electrons. The lowest BCUT2D eigenvalue weighted by Crippen LogP contribution is -2.39. The number of amides is 3. The molecule has 1 unspecified atom stereocenters. The first-order valence-electron chi connectivity index (χ1n) is 7.83. The molecule has 6 nitrogen and oxygen atoms in total. The molecule has 3 rings (SSSR count). The molecule has 2 aromatic rings. The van der Waals surface area contributed by atoms with Crippen LogP contribution in [-0.4, -0.2) is 31.6 Å². The highest BCUT2D eigenvalue weighted by Crippen LogP contribution is 2.27. The summed E-state index contributed by atoms with van der Waals surface area (Å²) in [5.74, 6) is 0.491. The van der Waals surface area contributed by atoms with E-state index < -0.39 is 6.03 Å². The molecule has 3 amide bonds. The largest absolute Gasteiger partial charge is 0.495 e. The third kappa shape index (κ3) is 4.03. The zero-order valence-corrected chi connectivity index (χ0v) is 14.4. The highest BCUT2D eigenvalue weighted by Gasteiger charge is 2.31. The maximum absolute atomic E-state index is 12.2. The van der Waals surface area contributed by atoms with E-state index in [0.29, 0.717) is 23.0 Å². The summed E-state index contributed by atoms with van der Waals surface area (Å²) in [6.07, 6.45) is 0.259. The van der Waals surface area contributed by atoms with Gasteiger partial charge >= 0.3 is 6.03 Å². The van der Waals surface area contributed by atoms with Crippen LogP contribution in [0, 0.1) is 0 Å². The number of nitrogens with zero attached hydrogens (tertiary/aromatic N) is 1. The molecule has 25 heavy (non-hydrogen) atoms. The quantitative estimate of drug-likeness (QED) is 0.880. The number of nitrogens with one attached hydrogen (secondary N) is 2. The minimum absolute atomic E-state index is 0.0168. The minimum Gasteiger partial charge on any atom is -0.495 e. The molecule has 0 radical (unpaired) electrons. The van der Waals surface area contributed by atoms with Gasteiger partial charge in [-0.1, -0.05) is 29.8 Å². The number of hydrogen-bond donors (Lipinski definition) is 2. The van der Waals surface area contributed by atoms with E-state index in [9.17, 15) is 9.59 Å². The zero-order valence-electron chi connectivity index (χ0n) is 13.7. The molecule has 0 spiro atoms. The smallest absolute Gasteiger partial charge is 0.319 e. The van der Waals surface area contributed by atoms with Crippen LogP contribution in [0.25, 0.3) is 0 Å². The zero-order chi connectivity index (χ0) is 17.8. The van der Waals surface area contributed by atoms with Crippen LogP contribution in [0.3, 0.4) is 0 Å². The van der Waals surface area contributed by atoms with Crippen molar-refractivity contribution in [3.05, 3.63) is 53.6 Å². The van der Waals surface area contributed by atoms with Gasteiger partial charge < -0.3 is 20.3 Å². The summed E-state index contributed by atoms with van der Waals surface area (Å²) >= 11 is 5.96. The van der Waals surface area contributed by atoms with Crippen molar-refractivity contribution in [1.82, 2.24) is 5.32 Å². The molecule has 0 bridgehead atoms. The molecular weight excluding hydrogens is 342 g/mol. The number of carbonyl (C=O) groups is 2. The van der Waals surface area contributed by atoms with Crippen molar-refractivity contribution in [1.29, 1.82) is 0 Å². The Balaban J connectivity index is 1.63. The fourth-order valence-electron chi connectivity index (χ4n) is 2.78. The lowest BCUT2D eigenvalue weighted by atomic mass is 10.2. The van der Waals surface area contributed by atoms with E-state index in [0.717, 1.165) is 5.69 Å². The van der Waals surface area contributed by atoms with Gasteiger partial charge in [-0.25, -0.2) is 4.79 Å². The molecule has 1 atom stereocenters. The number of rotatable bonds is 4. The Hall–Kier alpha value is -2.73. The Morgan fingerprint density at radius 2 is 2.00 bits per heavy atom. The molecule has 0 aromatic heterocycles. The maximum atomic E-state index is 12.2. The fraction of sp³-hybridized carbons (Fsp3) is 0.222. The van der Waals surface area contributed by atoms with Crippen molar-refractivity contribution in [2.45, 2.75) is 12.5 Å². The van der Waals surface area contributed by atoms with E-state index in [4.69, 9.17) is 16.3 Å². The second kappa shape index (κ2) is 7.44. The first kappa shape index (κ1) is 17.1. The van der Waals surface area contributed by atoms with Gasteiger partial charge in [0.25, 0.3) is 0 Å². The van der Waals surface area contributed by atoms with Crippen molar-refractivity contribution in [3.63, 3.8) is 0 Å². The van der Waals surface area contributed by atoms with Crippen molar-refractivity contribution >= 4 is 34.9 Å². The number of methoxy groups -OCH3 is 1. The predicted octanol–water partition coefficient (Wildman–Crippen LogP) is 3.28. The van der Waals surface area contributed by atoms with Crippen LogP contribution in [0.1, 0.15) is 6.42 Å². The molecule has 1 aliphatic rings. The minimum atomic E-state index is -0.409. The molecule has 2 aromatic carbocycles. The first-order chi connectivity index (χ1) is 12.1. The number of urea groups is 1. The summed E-state index contributed by atoms with van der Waals surface area (Å²) in [7, 11) is 1.51. The summed E-state index contributed by atoms with van der Waals surface area (Å²) in [6.45, 7) is 0.433. The first-order valence-corrected chi connectivity index (χ1v) is 8.21. The normalized spacial score (nSPS) is 16.6. The monoisotopic (exact) mass is 359 g/mol. The molecule has 1 saturated heterocycles. The van der Waals surface area contributed by atoms with Gasteiger partial charge in [0.15, 0.2) is 0 Å².